The zero-order valence-electron chi connectivity index (χ0n) is 7.82. The lowest BCUT2D eigenvalue weighted by molar-refractivity contribution is 0.00161. The van der Waals surface area contributed by atoms with Crippen LogP contribution in [0.3, 0.4) is 0 Å². The lowest BCUT2D eigenvalue weighted by atomic mass is 9.62. The van der Waals surface area contributed by atoms with Crippen molar-refractivity contribution in [1.29, 1.82) is 0 Å². The number of aromatic nitrogens is 3. The average Bonchev–Trinajstić information content (AvgIpc) is 2.29. The first-order valence-corrected chi connectivity index (χ1v) is 4.87. The van der Waals surface area contributed by atoms with Gasteiger partial charge >= 0.3 is 0 Å². The highest BCUT2D eigenvalue weighted by atomic mass is 15.4. The molecular formula is C9H14N4. The van der Waals surface area contributed by atoms with Crippen LogP contribution >= 0.6 is 0 Å². The molecule has 1 aromatic rings. The molecule has 2 fully saturated rings. The van der Waals surface area contributed by atoms with Crippen molar-refractivity contribution in [3.05, 3.63) is 11.9 Å². The quantitative estimate of drug-likeness (QED) is 0.681. The standard InChI is InChI=1S/C9H14N4/c1-7-4-13(12-11-7)8-2-9(3-8)5-10-6-9/h4,8,10H,2-3,5-6H2,1H3. The van der Waals surface area contributed by atoms with Crippen LogP contribution in [0.1, 0.15) is 24.6 Å². The topological polar surface area (TPSA) is 42.7 Å². The number of aryl methyl sites for hydroxylation is 1. The lowest BCUT2D eigenvalue weighted by Gasteiger charge is -2.54. The summed E-state index contributed by atoms with van der Waals surface area (Å²) in [5, 5.41) is 11.5. The molecule has 4 nitrogen and oxygen atoms in total. The van der Waals surface area contributed by atoms with Crippen LogP contribution < -0.4 is 5.32 Å². The molecule has 1 saturated heterocycles. The molecule has 3 rings (SSSR count). The van der Waals surface area contributed by atoms with E-state index in [0.717, 1.165) is 5.69 Å². The van der Waals surface area contributed by atoms with Crippen LogP contribution in [0.25, 0.3) is 0 Å². The first-order valence-electron chi connectivity index (χ1n) is 4.87. The van der Waals surface area contributed by atoms with E-state index in [9.17, 15) is 0 Å². The number of nitrogens with one attached hydrogen (secondary N) is 1. The van der Waals surface area contributed by atoms with Gasteiger partial charge in [-0.25, -0.2) is 4.68 Å². The summed E-state index contributed by atoms with van der Waals surface area (Å²) >= 11 is 0. The molecule has 70 valence electrons. The fourth-order valence-electron chi connectivity index (χ4n) is 2.44. The van der Waals surface area contributed by atoms with Gasteiger partial charge in [0.05, 0.1) is 11.7 Å². The molecular weight excluding hydrogens is 164 g/mol. The summed E-state index contributed by atoms with van der Waals surface area (Å²) < 4.78 is 2.03. The van der Waals surface area contributed by atoms with Crippen molar-refractivity contribution in [2.45, 2.75) is 25.8 Å². The van der Waals surface area contributed by atoms with E-state index in [2.05, 4.69) is 15.6 Å². The number of hydrogen-bond acceptors (Lipinski definition) is 3. The maximum atomic E-state index is 4.11. The smallest absolute Gasteiger partial charge is 0.0796 e. The Hall–Kier alpha value is -0.900. The SMILES string of the molecule is Cc1cn(C2CC3(CNC3)C2)nn1. The molecule has 1 saturated carbocycles. The van der Waals surface area contributed by atoms with E-state index in [1.165, 1.54) is 25.9 Å². The zero-order valence-corrected chi connectivity index (χ0v) is 7.82. The van der Waals surface area contributed by atoms with E-state index < -0.39 is 0 Å². The predicted octanol–water partition coefficient (Wildman–Crippen LogP) is 0.511. The summed E-state index contributed by atoms with van der Waals surface area (Å²) in [4.78, 5) is 0. The Morgan fingerprint density at radius 3 is 2.77 bits per heavy atom. The number of nitrogens with zero attached hydrogens (tertiary/aromatic N) is 3. The van der Waals surface area contributed by atoms with E-state index in [-0.39, 0.29) is 0 Å². The van der Waals surface area contributed by atoms with Gasteiger partial charge < -0.3 is 5.32 Å². The Kier molecular flexibility index (Phi) is 1.34. The Labute approximate surface area is 77.3 Å². The van der Waals surface area contributed by atoms with Crippen LogP contribution in [-0.4, -0.2) is 28.1 Å². The fourth-order valence-corrected chi connectivity index (χ4v) is 2.44. The van der Waals surface area contributed by atoms with Gasteiger partial charge in [-0.15, -0.1) is 5.10 Å². The van der Waals surface area contributed by atoms with Gasteiger partial charge in [0.1, 0.15) is 0 Å². The van der Waals surface area contributed by atoms with Gasteiger partial charge in [0.25, 0.3) is 0 Å². The Morgan fingerprint density at radius 1 is 1.54 bits per heavy atom. The van der Waals surface area contributed by atoms with E-state index >= 15 is 0 Å². The third-order valence-electron chi connectivity index (χ3n) is 3.34. The molecule has 0 atom stereocenters. The summed E-state index contributed by atoms with van der Waals surface area (Å²) in [5.41, 5.74) is 1.65. The Bertz CT molecular complexity index is 318. The summed E-state index contributed by atoms with van der Waals surface area (Å²) in [6.07, 6.45) is 4.61. The molecule has 1 spiro atoms. The summed E-state index contributed by atoms with van der Waals surface area (Å²) in [5.74, 6) is 0. The second-order valence-electron chi connectivity index (χ2n) is 4.51. The molecule has 0 amide bonds. The molecule has 0 unspecified atom stereocenters. The number of rotatable bonds is 1. The van der Waals surface area contributed by atoms with Crippen molar-refractivity contribution in [2.75, 3.05) is 13.1 Å². The maximum absolute atomic E-state index is 4.11. The van der Waals surface area contributed by atoms with Crippen LogP contribution in [0.5, 0.6) is 0 Å². The molecule has 1 aliphatic heterocycles. The van der Waals surface area contributed by atoms with Gasteiger partial charge in [0.2, 0.25) is 0 Å². The minimum atomic E-state index is 0.614. The number of hydrogen-bond donors (Lipinski definition) is 1. The van der Waals surface area contributed by atoms with Crippen molar-refractivity contribution in [3.63, 3.8) is 0 Å². The second kappa shape index (κ2) is 2.32. The Balaban J connectivity index is 1.70. The molecule has 1 aromatic heterocycles. The van der Waals surface area contributed by atoms with E-state index in [1.54, 1.807) is 0 Å². The molecule has 0 aromatic carbocycles. The summed E-state index contributed by atoms with van der Waals surface area (Å²) in [7, 11) is 0. The highest BCUT2D eigenvalue weighted by molar-refractivity contribution is 5.05. The van der Waals surface area contributed by atoms with Gasteiger partial charge in [0.15, 0.2) is 0 Å². The van der Waals surface area contributed by atoms with Crippen molar-refractivity contribution < 1.29 is 0 Å². The van der Waals surface area contributed by atoms with Gasteiger partial charge in [0, 0.05) is 19.3 Å². The molecule has 0 bridgehead atoms. The first kappa shape index (κ1) is 7.50. The highest BCUT2D eigenvalue weighted by Gasteiger charge is 2.49. The van der Waals surface area contributed by atoms with Crippen LogP contribution in [0.2, 0.25) is 0 Å². The minimum absolute atomic E-state index is 0.614. The first-order chi connectivity index (χ1) is 6.27. The minimum Gasteiger partial charge on any atom is -0.316 e. The van der Waals surface area contributed by atoms with Crippen molar-refractivity contribution in [3.8, 4) is 0 Å². The molecule has 2 heterocycles. The predicted molar refractivity (Wildman–Crippen MR) is 48.3 cm³/mol. The normalized spacial score (nSPS) is 25.6. The molecule has 0 radical (unpaired) electrons. The van der Waals surface area contributed by atoms with E-state index in [1.807, 2.05) is 17.8 Å². The van der Waals surface area contributed by atoms with E-state index in [0.29, 0.717) is 11.5 Å². The van der Waals surface area contributed by atoms with E-state index in [4.69, 9.17) is 0 Å². The molecule has 1 aliphatic carbocycles. The van der Waals surface area contributed by atoms with Gasteiger partial charge in [-0.3, -0.25) is 0 Å². The van der Waals surface area contributed by atoms with Crippen LogP contribution in [0.15, 0.2) is 6.20 Å². The van der Waals surface area contributed by atoms with Crippen molar-refractivity contribution in [1.82, 2.24) is 20.3 Å². The van der Waals surface area contributed by atoms with Crippen LogP contribution in [-0.2, 0) is 0 Å². The van der Waals surface area contributed by atoms with Crippen LogP contribution in [0, 0.1) is 12.3 Å². The fraction of sp³-hybridized carbons (Fsp3) is 0.778. The van der Waals surface area contributed by atoms with Crippen LogP contribution in [0.4, 0.5) is 0 Å². The molecule has 13 heavy (non-hydrogen) atoms. The van der Waals surface area contributed by atoms with Crippen molar-refractivity contribution >= 4 is 0 Å². The van der Waals surface area contributed by atoms with Gasteiger partial charge in [-0.1, -0.05) is 5.21 Å². The van der Waals surface area contributed by atoms with Gasteiger partial charge in [-0.2, -0.15) is 0 Å². The average molecular weight is 178 g/mol. The third kappa shape index (κ3) is 1.01. The largest absolute Gasteiger partial charge is 0.316 e. The zero-order chi connectivity index (χ0) is 8.89. The second-order valence-corrected chi connectivity index (χ2v) is 4.51. The monoisotopic (exact) mass is 178 g/mol. The molecule has 2 aliphatic rings. The van der Waals surface area contributed by atoms with Gasteiger partial charge in [-0.05, 0) is 25.2 Å². The third-order valence-corrected chi connectivity index (χ3v) is 3.34. The summed E-state index contributed by atoms with van der Waals surface area (Å²) in [6.45, 7) is 4.40. The maximum Gasteiger partial charge on any atom is 0.0796 e. The van der Waals surface area contributed by atoms with Crippen molar-refractivity contribution in [2.24, 2.45) is 5.41 Å². The Morgan fingerprint density at radius 2 is 2.31 bits per heavy atom. The molecule has 4 heteroatoms. The molecule has 1 N–H and O–H groups in total. The summed E-state index contributed by atoms with van der Waals surface area (Å²) in [6, 6.07) is 0.614. The lowest BCUT2D eigenvalue weighted by Crippen LogP contribution is -2.60. The highest BCUT2D eigenvalue weighted by Crippen LogP contribution is 2.50.